The Balaban J connectivity index is 1.28. The van der Waals surface area contributed by atoms with Gasteiger partial charge < -0.3 is 9.72 Å². The molecule has 0 saturated carbocycles. The van der Waals surface area contributed by atoms with Crippen LogP contribution in [-0.2, 0) is 19.4 Å². The molecule has 0 unspecified atom stereocenters. The summed E-state index contributed by atoms with van der Waals surface area (Å²) in [6.45, 7) is 3.58. The molecular weight excluding hydrogens is 314 g/mol. The number of likely N-dealkylation sites (tertiary alicyclic amines) is 1. The average molecular weight is 339 g/mol. The van der Waals surface area contributed by atoms with Crippen molar-refractivity contribution in [2.75, 3.05) is 19.7 Å². The number of hydrogen-bond acceptors (Lipinski definition) is 4. The number of H-pyrrole nitrogens is 1. The van der Waals surface area contributed by atoms with E-state index in [9.17, 15) is 4.79 Å². The van der Waals surface area contributed by atoms with E-state index in [0.29, 0.717) is 12.2 Å². The maximum absolute atomic E-state index is 11.8. The standard InChI is InChI=1S/C20H25N3O2/c24-20-18(21-9-10-22-20)14-23-11-6-15(7-12-23)4-5-16-2-1-3-17-8-13-25-19(16)17/h1-3,9-10,15H,4-8,11-14H2,(H,22,24). The first-order valence-electron chi connectivity index (χ1n) is 9.28. The summed E-state index contributed by atoms with van der Waals surface area (Å²) in [7, 11) is 0. The summed E-state index contributed by atoms with van der Waals surface area (Å²) in [4.78, 5) is 21.0. The molecule has 5 nitrogen and oxygen atoms in total. The lowest BCUT2D eigenvalue weighted by Crippen LogP contribution is -2.35. The van der Waals surface area contributed by atoms with Crippen LogP contribution >= 0.6 is 0 Å². The quantitative estimate of drug-likeness (QED) is 0.909. The fourth-order valence-electron chi connectivity index (χ4n) is 3.98. The van der Waals surface area contributed by atoms with E-state index in [0.717, 1.165) is 44.2 Å². The Kier molecular flexibility index (Phi) is 4.83. The van der Waals surface area contributed by atoms with Crippen molar-refractivity contribution in [3.63, 3.8) is 0 Å². The third-order valence-electron chi connectivity index (χ3n) is 5.48. The topological polar surface area (TPSA) is 58.2 Å². The number of piperidine rings is 1. The Bertz CT molecular complexity index is 779. The molecule has 2 aliphatic rings. The van der Waals surface area contributed by atoms with Crippen LogP contribution in [0.3, 0.4) is 0 Å². The van der Waals surface area contributed by atoms with E-state index < -0.39 is 0 Å². The van der Waals surface area contributed by atoms with E-state index in [4.69, 9.17) is 4.74 Å². The van der Waals surface area contributed by atoms with E-state index in [2.05, 4.69) is 33.1 Å². The number of nitrogens with zero attached hydrogens (tertiary/aromatic N) is 2. The average Bonchev–Trinajstić information content (AvgIpc) is 3.12. The van der Waals surface area contributed by atoms with Gasteiger partial charge in [-0.25, -0.2) is 0 Å². The van der Waals surface area contributed by atoms with Crippen molar-refractivity contribution in [2.24, 2.45) is 5.92 Å². The molecule has 132 valence electrons. The van der Waals surface area contributed by atoms with Gasteiger partial charge in [0.05, 0.1) is 6.61 Å². The molecule has 3 heterocycles. The molecule has 1 aromatic heterocycles. The first kappa shape index (κ1) is 16.3. The molecule has 25 heavy (non-hydrogen) atoms. The summed E-state index contributed by atoms with van der Waals surface area (Å²) in [6.07, 6.45) is 9.01. The number of fused-ring (bicyclic) bond motifs is 1. The molecule has 4 rings (SSSR count). The van der Waals surface area contributed by atoms with E-state index in [1.807, 2.05) is 0 Å². The van der Waals surface area contributed by atoms with Crippen molar-refractivity contribution < 1.29 is 4.74 Å². The Morgan fingerprint density at radius 2 is 2.16 bits per heavy atom. The van der Waals surface area contributed by atoms with Crippen LogP contribution in [-0.4, -0.2) is 34.6 Å². The van der Waals surface area contributed by atoms with Crippen molar-refractivity contribution in [3.8, 4) is 5.75 Å². The van der Waals surface area contributed by atoms with Gasteiger partial charge in [-0.15, -0.1) is 0 Å². The number of aromatic amines is 1. The second-order valence-electron chi connectivity index (χ2n) is 7.13. The number of nitrogens with one attached hydrogen (secondary N) is 1. The highest BCUT2D eigenvalue weighted by Gasteiger charge is 2.22. The van der Waals surface area contributed by atoms with Gasteiger partial charge in [0.25, 0.3) is 5.56 Å². The number of aryl methyl sites for hydroxylation is 1. The van der Waals surface area contributed by atoms with Crippen LogP contribution in [0.4, 0.5) is 0 Å². The minimum Gasteiger partial charge on any atom is -0.493 e. The third kappa shape index (κ3) is 3.76. The lowest BCUT2D eigenvalue weighted by molar-refractivity contribution is 0.170. The van der Waals surface area contributed by atoms with Gasteiger partial charge in [-0.1, -0.05) is 18.2 Å². The molecule has 0 aliphatic carbocycles. The van der Waals surface area contributed by atoms with Gasteiger partial charge in [-0.2, -0.15) is 0 Å². The molecule has 0 atom stereocenters. The van der Waals surface area contributed by atoms with Crippen molar-refractivity contribution in [1.82, 2.24) is 14.9 Å². The highest BCUT2D eigenvalue weighted by molar-refractivity contribution is 5.44. The van der Waals surface area contributed by atoms with Crippen molar-refractivity contribution in [2.45, 2.75) is 38.6 Å². The lowest BCUT2D eigenvalue weighted by Gasteiger charge is -2.31. The fourth-order valence-corrected chi connectivity index (χ4v) is 3.98. The van der Waals surface area contributed by atoms with Crippen molar-refractivity contribution >= 4 is 0 Å². The number of ether oxygens (including phenoxy) is 1. The number of aromatic nitrogens is 2. The number of benzene rings is 1. The first-order valence-corrected chi connectivity index (χ1v) is 9.28. The van der Waals surface area contributed by atoms with Gasteiger partial charge in [0.15, 0.2) is 0 Å². The molecule has 1 fully saturated rings. The molecule has 2 aromatic rings. The lowest BCUT2D eigenvalue weighted by atomic mass is 9.90. The maximum atomic E-state index is 11.8. The second kappa shape index (κ2) is 7.40. The zero-order valence-electron chi connectivity index (χ0n) is 14.5. The minimum absolute atomic E-state index is 0.0671. The van der Waals surface area contributed by atoms with E-state index in [1.54, 1.807) is 12.4 Å². The predicted octanol–water partition coefficient (Wildman–Crippen LogP) is 2.55. The Morgan fingerprint density at radius 3 is 3.00 bits per heavy atom. The van der Waals surface area contributed by atoms with Gasteiger partial charge >= 0.3 is 0 Å². The SMILES string of the molecule is O=c1[nH]ccnc1CN1CCC(CCc2cccc3c2OCC3)CC1. The molecule has 1 N–H and O–H groups in total. The van der Waals surface area contributed by atoms with Crippen LogP contribution < -0.4 is 10.3 Å². The smallest absolute Gasteiger partial charge is 0.270 e. The second-order valence-corrected chi connectivity index (χ2v) is 7.13. The summed E-state index contributed by atoms with van der Waals surface area (Å²) >= 11 is 0. The van der Waals surface area contributed by atoms with Crippen LogP contribution in [0.25, 0.3) is 0 Å². The molecule has 0 amide bonds. The van der Waals surface area contributed by atoms with Gasteiger partial charge in [0.2, 0.25) is 0 Å². The number of hydrogen-bond donors (Lipinski definition) is 1. The molecule has 0 bridgehead atoms. The monoisotopic (exact) mass is 339 g/mol. The fraction of sp³-hybridized carbons (Fsp3) is 0.500. The van der Waals surface area contributed by atoms with Crippen LogP contribution in [0.5, 0.6) is 5.75 Å². The molecule has 1 aromatic carbocycles. The third-order valence-corrected chi connectivity index (χ3v) is 5.48. The van der Waals surface area contributed by atoms with Gasteiger partial charge in [-0.05, 0) is 55.8 Å². The minimum atomic E-state index is -0.0671. The summed E-state index contributed by atoms with van der Waals surface area (Å²) in [5, 5.41) is 0. The highest BCUT2D eigenvalue weighted by atomic mass is 16.5. The first-order chi connectivity index (χ1) is 12.3. The summed E-state index contributed by atoms with van der Waals surface area (Å²) < 4.78 is 5.82. The predicted molar refractivity (Wildman–Crippen MR) is 96.8 cm³/mol. The van der Waals surface area contributed by atoms with Gasteiger partial charge in [0, 0.05) is 25.4 Å². The van der Waals surface area contributed by atoms with Crippen LogP contribution in [0.2, 0.25) is 0 Å². The normalized spacial score (nSPS) is 18.1. The van der Waals surface area contributed by atoms with Crippen molar-refractivity contribution in [1.29, 1.82) is 0 Å². The molecule has 1 saturated heterocycles. The largest absolute Gasteiger partial charge is 0.493 e. The van der Waals surface area contributed by atoms with Crippen LogP contribution in [0.15, 0.2) is 35.4 Å². The van der Waals surface area contributed by atoms with E-state index >= 15 is 0 Å². The summed E-state index contributed by atoms with van der Waals surface area (Å²) in [5.41, 5.74) is 3.30. The van der Waals surface area contributed by atoms with Gasteiger partial charge in [-0.3, -0.25) is 14.7 Å². The van der Waals surface area contributed by atoms with Crippen LogP contribution in [0.1, 0.15) is 36.1 Å². The Labute approximate surface area is 148 Å². The zero-order valence-corrected chi connectivity index (χ0v) is 14.5. The molecule has 5 heteroatoms. The van der Waals surface area contributed by atoms with Crippen LogP contribution in [0, 0.1) is 5.92 Å². The van der Waals surface area contributed by atoms with E-state index in [1.165, 1.54) is 30.4 Å². The molecule has 2 aliphatic heterocycles. The van der Waals surface area contributed by atoms with E-state index in [-0.39, 0.29) is 5.56 Å². The zero-order chi connectivity index (χ0) is 17.1. The summed E-state index contributed by atoms with van der Waals surface area (Å²) in [6, 6.07) is 6.56. The molecular formula is C20H25N3O2. The van der Waals surface area contributed by atoms with Gasteiger partial charge in [0.1, 0.15) is 11.4 Å². The Hall–Kier alpha value is -2.14. The maximum Gasteiger partial charge on any atom is 0.270 e. The molecule has 0 radical (unpaired) electrons. The molecule has 0 spiro atoms. The number of rotatable bonds is 5. The Morgan fingerprint density at radius 1 is 1.28 bits per heavy atom. The highest BCUT2D eigenvalue weighted by Crippen LogP contribution is 2.32. The number of para-hydroxylation sites is 1. The summed E-state index contributed by atoms with van der Waals surface area (Å²) in [5.74, 6) is 1.91. The van der Waals surface area contributed by atoms with Crippen molar-refractivity contribution in [3.05, 3.63) is 57.8 Å².